The summed E-state index contributed by atoms with van der Waals surface area (Å²) >= 11 is 0. The quantitative estimate of drug-likeness (QED) is 0.378. The predicted octanol–water partition coefficient (Wildman–Crippen LogP) is 5.24. The van der Waals surface area contributed by atoms with Crippen molar-refractivity contribution in [2.75, 3.05) is 34.3 Å². The summed E-state index contributed by atoms with van der Waals surface area (Å²) in [6.07, 6.45) is 8.72. The highest BCUT2D eigenvalue weighted by Gasteiger charge is 2.64. The van der Waals surface area contributed by atoms with Crippen LogP contribution in [0.25, 0.3) is 22.2 Å². The smallest absolute Gasteiger partial charge is 0.264 e. The lowest BCUT2D eigenvalue weighted by Crippen LogP contribution is -2.40. The number of carbonyl (C=O) groups excluding carboxylic acids is 2. The lowest BCUT2D eigenvalue weighted by atomic mass is 9.81. The standard InChI is InChI=1S/C36H44N4O5S/c1-38(2)24-15-16-39(20-24)35(42)36-19-30(36)29-18-25(45-3)10-14-27(29)33-32(22-7-5-4-6-8-22)28-13-9-23(17-31(28)40(33)21-36)34(41)37-46(43,44)26-11-12-26/h9-10,13-14,17-18,22,24,26,30H,4-8,11-12,15-16,19-21H2,1-3H3,(H,37,41)/t24-,30?,36?/m0/s1. The summed E-state index contributed by atoms with van der Waals surface area (Å²) < 4.78 is 35.7. The van der Waals surface area contributed by atoms with Gasteiger partial charge in [-0.25, -0.2) is 13.1 Å². The molecule has 2 amide bonds. The van der Waals surface area contributed by atoms with Crippen LogP contribution in [0.2, 0.25) is 0 Å². The molecule has 4 fully saturated rings. The Bertz CT molecular complexity index is 1860. The average molecular weight is 645 g/mol. The van der Waals surface area contributed by atoms with Gasteiger partial charge in [0, 0.05) is 53.6 Å². The van der Waals surface area contributed by atoms with Gasteiger partial charge in [0.2, 0.25) is 15.9 Å². The molecule has 1 N–H and O–H groups in total. The van der Waals surface area contributed by atoms with E-state index in [4.69, 9.17) is 4.74 Å². The molecule has 3 saturated carbocycles. The van der Waals surface area contributed by atoms with Crippen LogP contribution in [0.1, 0.15) is 91.1 Å². The first kappa shape index (κ1) is 30.0. The Morgan fingerprint density at radius 3 is 2.48 bits per heavy atom. The lowest BCUT2D eigenvalue weighted by Gasteiger charge is -2.26. The molecule has 0 bridgehead atoms. The van der Waals surface area contributed by atoms with Gasteiger partial charge < -0.3 is 19.1 Å². The summed E-state index contributed by atoms with van der Waals surface area (Å²) in [4.78, 5) is 32.3. The van der Waals surface area contributed by atoms with E-state index in [1.54, 1.807) is 13.2 Å². The number of hydrogen-bond acceptors (Lipinski definition) is 6. The first-order valence-electron chi connectivity index (χ1n) is 17.0. The first-order chi connectivity index (χ1) is 22.1. The van der Waals surface area contributed by atoms with Crippen LogP contribution in [0.4, 0.5) is 0 Å². The third kappa shape index (κ3) is 4.77. The van der Waals surface area contributed by atoms with Crippen molar-refractivity contribution >= 4 is 32.7 Å². The third-order valence-corrected chi connectivity index (χ3v) is 13.4. The van der Waals surface area contributed by atoms with Crippen LogP contribution in [-0.4, -0.2) is 80.2 Å². The fourth-order valence-electron chi connectivity index (χ4n) is 8.73. The highest BCUT2D eigenvalue weighted by molar-refractivity contribution is 7.91. The molecule has 244 valence electrons. The van der Waals surface area contributed by atoms with Crippen molar-refractivity contribution in [3.05, 3.63) is 53.1 Å². The molecule has 8 rings (SSSR count). The number of amides is 2. The van der Waals surface area contributed by atoms with Gasteiger partial charge in [0.15, 0.2) is 0 Å². The SMILES string of the molecule is COc1ccc2c(c1)C1CC1(C(=O)N1CC[C@H](N(C)C)C1)Cn1c-2c(C2CCCCC2)c2ccc(C(=O)NS(=O)(=O)C3CC3)cc21. The molecule has 10 heteroatoms. The molecule has 5 aliphatic rings. The van der Waals surface area contributed by atoms with Crippen LogP contribution in [-0.2, 0) is 21.4 Å². The molecule has 2 aromatic carbocycles. The summed E-state index contributed by atoms with van der Waals surface area (Å²) in [5.41, 5.74) is 5.41. The van der Waals surface area contributed by atoms with Crippen LogP contribution in [0.3, 0.4) is 0 Å². The van der Waals surface area contributed by atoms with Gasteiger partial charge in [-0.3, -0.25) is 9.59 Å². The van der Waals surface area contributed by atoms with E-state index in [0.717, 1.165) is 66.7 Å². The number of rotatable bonds is 7. The maximum Gasteiger partial charge on any atom is 0.264 e. The highest BCUT2D eigenvalue weighted by atomic mass is 32.2. The van der Waals surface area contributed by atoms with E-state index in [2.05, 4.69) is 45.3 Å². The Labute approximate surface area is 271 Å². The molecule has 2 aliphatic heterocycles. The summed E-state index contributed by atoms with van der Waals surface area (Å²) in [5.74, 6) is 0.865. The van der Waals surface area contributed by atoms with Gasteiger partial charge in [-0.05, 0) is 100.0 Å². The van der Waals surface area contributed by atoms with Gasteiger partial charge in [0.1, 0.15) is 5.75 Å². The molecule has 3 atom stereocenters. The number of ether oxygens (including phenoxy) is 1. The van der Waals surface area contributed by atoms with Crippen LogP contribution >= 0.6 is 0 Å². The highest BCUT2D eigenvalue weighted by Crippen LogP contribution is 2.66. The lowest BCUT2D eigenvalue weighted by molar-refractivity contribution is -0.136. The molecule has 0 spiro atoms. The number of nitrogens with one attached hydrogen (secondary N) is 1. The van der Waals surface area contributed by atoms with Crippen molar-refractivity contribution < 1.29 is 22.7 Å². The molecular formula is C36H44N4O5S. The molecular weight excluding hydrogens is 600 g/mol. The Kier molecular flexibility index (Phi) is 7.07. The number of aromatic nitrogens is 1. The Hall–Kier alpha value is -3.37. The second-order valence-electron chi connectivity index (χ2n) is 14.6. The normalized spacial score (nSPS) is 26.0. The average Bonchev–Trinajstić information content (AvgIpc) is 3.96. The zero-order valence-electron chi connectivity index (χ0n) is 27.0. The van der Waals surface area contributed by atoms with Crippen molar-refractivity contribution in [3.63, 3.8) is 0 Å². The third-order valence-electron chi connectivity index (χ3n) is 11.6. The summed E-state index contributed by atoms with van der Waals surface area (Å²) in [5, 5.41) is 0.618. The minimum absolute atomic E-state index is 0.0767. The van der Waals surface area contributed by atoms with Crippen molar-refractivity contribution in [1.82, 2.24) is 19.1 Å². The Balaban J connectivity index is 1.30. The van der Waals surface area contributed by atoms with Gasteiger partial charge in [-0.1, -0.05) is 25.3 Å². The van der Waals surface area contributed by atoms with Gasteiger partial charge in [-0.2, -0.15) is 0 Å². The Morgan fingerprint density at radius 1 is 1.00 bits per heavy atom. The summed E-state index contributed by atoms with van der Waals surface area (Å²) in [6.45, 7) is 2.02. The molecule has 2 unspecified atom stereocenters. The molecule has 46 heavy (non-hydrogen) atoms. The van der Waals surface area contributed by atoms with Gasteiger partial charge in [0.05, 0.1) is 23.5 Å². The molecule has 9 nitrogen and oxygen atoms in total. The maximum absolute atomic E-state index is 14.6. The topological polar surface area (TPSA) is 101 Å². The fraction of sp³-hybridized carbons (Fsp3) is 0.556. The van der Waals surface area contributed by atoms with Crippen molar-refractivity contribution in [2.24, 2.45) is 5.41 Å². The monoisotopic (exact) mass is 644 g/mol. The number of nitrogens with zero attached hydrogens (tertiary/aromatic N) is 3. The molecule has 1 aromatic heterocycles. The molecule has 3 aliphatic carbocycles. The second kappa shape index (κ2) is 10.8. The van der Waals surface area contributed by atoms with E-state index >= 15 is 0 Å². The molecule has 0 radical (unpaired) electrons. The largest absolute Gasteiger partial charge is 0.497 e. The van der Waals surface area contributed by atoms with Gasteiger partial charge in [0.25, 0.3) is 5.91 Å². The molecule has 3 heterocycles. The minimum Gasteiger partial charge on any atom is -0.497 e. The van der Waals surface area contributed by atoms with Crippen LogP contribution in [0.5, 0.6) is 5.75 Å². The molecule has 3 aromatic rings. The van der Waals surface area contributed by atoms with Gasteiger partial charge >= 0.3 is 0 Å². The number of carbonyl (C=O) groups is 2. The van der Waals surface area contributed by atoms with Crippen LogP contribution in [0.15, 0.2) is 36.4 Å². The number of fused-ring (bicyclic) bond motifs is 7. The molecule has 1 saturated heterocycles. The van der Waals surface area contributed by atoms with E-state index in [-0.39, 0.29) is 11.8 Å². The minimum atomic E-state index is -3.68. The van der Waals surface area contributed by atoms with E-state index in [1.807, 2.05) is 18.2 Å². The van der Waals surface area contributed by atoms with Crippen molar-refractivity contribution in [1.29, 1.82) is 0 Å². The number of hydrogen-bond donors (Lipinski definition) is 1. The first-order valence-corrected chi connectivity index (χ1v) is 18.5. The van der Waals surface area contributed by atoms with E-state index in [0.29, 0.717) is 36.9 Å². The zero-order chi connectivity index (χ0) is 32.0. The van der Waals surface area contributed by atoms with Crippen molar-refractivity contribution in [2.45, 2.75) is 87.5 Å². The van der Waals surface area contributed by atoms with Crippen LogP contribution < -0.4 is 9.46 Å². The number of methoxy groups -OCH3 is 1. The Morgan fingerprint density at radius 2 is 1.78 bits per heavy atom. The number of sulfonamides is 1. The van der Waals surface area contributed by atoms with Gasteiger partial charge in [-0.15, -0.1) is 0 Å². The number of likely N-dealkylation sites (tertiary alicyclic amines) is 1. The van der Waals surface area contributed by atoms with Crippen molar-refractivity contribution in [3.8, 4) is 17.0 Å². The van der Waals surface area contributed by atoms with E-state index < -0.39 is 26.6 Å². The van der Waals surface area contributed by atoms with E-state index in [9.17, 15) is 18.0 Å². The van der Waals surface area contributed by atoms with Crippen LogP contribution in [0, 0.1) is 5.41 Å². The zero-order valence-corrected chi connectivity index (χ0v) is 27.9. The number of benzene rings is 2. The summed E-state index contributed by atoms with van der Waals surface area (Å²) in [7, 11) is 2.17. The van der Waals surface area contributed by atoms with E-state index in [1.165, 1.54) is 30.4 Å². The number of likely N-dealkylation sites (N-methyl/N-ethyl adjacent to an activating group) is 1. The fourth-order valence-corrected chi connectivity index (χ4v) is 10.0. The second-order valence-corrected chi connectivity index (χ2v) is 16.6. The predicted molar refractivity (Wildman–Crippen MR) is 178 cm³/mol. The maximum atomic E-state index is 14.6. The summed E-state index contributed by atoms with van der Waals surface area (Å²) in [6, 6.07) is 12.3.